The van der Waals surface area contributed by atoms with Crippen LogP contribution in [0.3, 0.4) is 0 Å². The summed E-state index contributed by atoms with van der Waals surface area (Å²) in [5, 5.41) is 0. The zero-order valence-corrected chi connectivity index (χ0v) is 14.2. The van der Waals surface area contributed by atoms with E-state index in [1.54, 1.807) is 14.0 Å². The number of aromatic nitrogens is 1. The number of aryl methyl sites for hydroxylation is 1. The normalized spacial score (nSPS) is 11.5. The molecule has 0 aromatic carbocycles. The van der Waals surface area contributed by atoms with E-state index in [1.807, 2.05) is 6.92 Å². The lowest BCUT2D eigenvalue weighted by Gasteiger charge is -2.14. The standard InChI is InChI=1S/C14H23NO6S/c1-5-22(16,17)21-14-12(3)13(11(2)10-15-14)20-9-8-19-7-6-18-4/h10H,5-9H2,1-4H3. The van der Waals surface area contributed by atoms with Crippen LogP contribution in [0.5, 0.6) is 11.6 Å². The molecule has 0 radical (unpaired) electrons. The molecule has 0 aliphatic carbocycles. The van der Waals surface area contributed by atoms with E-state index in [0.29, 0.717) is 37.7 Å². The quantitative estimate of drug-likeness (QED) is 0.473. The highest BCUT2D eigenvalue weighted by Crippen LogP contribution is 2.29. The van der Waals surface area contributed by atoms with Gasteiger partial charge in [0.1, 0.15) is 12.4 Å². The number of nitrogens with zero attached hydrogens (tertiary/aromatic N) is 1. The summed E-state index contributed by atoms with van der Waals surface area (Å²) in [5.41, 5.74) is 1.35. The number of pyridine rings is 1. The fraction of sp³-hybridized carbons (Fsp3) is 0.643. The summed E-state index contributed by atoms with van der Waals surface area (Å²) in [6.07, 6.45) is 1.52. The molecule has 0 N–H and O–H groups in total. The largest absolute Gasteiger partial charge is 0.490 e. The van der Waals surface area contributed by atoms with E-state index in [0.717, 1.165) is 5.56 Å². The summed E-state index contributed by atoms with van der Waals surface area (Å²) < 4.78 is 43.9. The molecule has 0 aliphatic heterocycles. The summed E-state index contributed by atoms with van der Waals surface area (Å²) in [6, 6.07) is 0. The molecule has 1 rings (SSSR count). The zero-order valence-electron chi connectivity index (χ0n) is 13.4. The number of hydrogen-bond acceptors (Lipinski definition) is 7. The van der Waals surface area contributed by atoms with Crippen molar-refractivity contribution in [3.05, 3.63) is 17.3 Å². The van der Waals surface area contributed by atoms with E-state index >= 15 is 0 Å². The molecular formula is C14H23NO6S. The average molecular weight is 333 g/mol. The topological polar surface area (TPSA) is 84.0 Å². The first-order valence-corrected chi connectivity index (χ1v) is 8.56. The Hall–Kier alpha value is -1.38. The summed E-state index contributed by atoms with van der Waals surface area (Å²) >= 11 is 0. The fourth-order valence-corrected chi connectivity index (χ4v) is 2.16. The molecule has 0 atom stereocenters. The van der Waals surface area contributed by atoms with Gasteiger partial charge in [0.2, 0.25) is 5.88 Å². The molecule has 22 heavy (non-hydrogen) atoms. The Morgan fingerprint density at radius 3 is 2.45 bits per heavy atom. The van der Waals surface area contributed by atoms with Crippen LogP contribution in [0.4, 0.5) is 0 Å². The van der Waals surface area contributed by atoms with Gasteiger partial charge < -0.3 is 18.4 Å². The second-order valence-electron chi connectivity index (χ2n) is 4.58. The van der Waals surface area contributed by atoms with Crippen LogP contribution >= 0.6 is 0 Å². The third-order valence-corrected chi connectivity index (χ3v) is 3.98. The van der Waals surface area contributed by atoms with E-state index in [1.165, 1.54) is 13.1 Å². The molecule has 0 spiro atoms. The molecule has 0 fully saturated rings. The monoisotopic (exact) mass is 333 g/mol. The lowest BCUT2D eigenvalue weighted by molar-refractivity contribution is 0.0541. The maximum absolute atomic E-state index is 11.5. The van der Waals surface area contributed by atoms with Crippen LogP contribution in [0.15, 0.2) is 6.20 Å². The van der Waals surface area contributed by atoms with E-state index in [4.69, 9.17) is 18.4 Å². The second-order valence-corrected chi connectivity index (χ2v) is 6.44. The SMILES string of the molecule is CCS(=O)(=O)Oc1ncc(C)c(OCCOCCOC)c1C. The minimum atomic E-state index is -3.62. The Labute approximate surface area is 131 Å². The van der Waals surface area contributed by atoms with Crippen molar-refractivity contribution in [2.45, 2.75) is 20.8 Å². The Bertz CT molecular complexity index is 573. The van der Waals surface area contributed by atoms with Gasteiger partial charge in [-0.2, -0.15) is 8.42 Å². The van der Waals surface area contributed by atoms with Gasteiger partial charge in [0.25, 0.3) is 0 Å². The first-order valence-electron chi connectivity index (χ1n) is 6.99. The molecule has 8 heteroatoms. The van der Waals surface area contributed by atoms with Gasteiger partial charge in [-0.15, -0.1) is 0 Å². The first kappa shape index (κ1) is 18.7. The fourth-order valence-electron chi connectivity index (χ4n) is 1.64. The Kier molecular flexibility index (Phi) is 7.57. The van der Waals surface area contributed by atoms with Crippen LogP contribution < -0.4 is 8.92 Å². The molecule has 0 aliphatic rings. The van der Waals surface area contributed by atoms with Gasteiger partial charge in [0, 0.05) is 18.9 Å². The van der Waals surface area contributed by atoms with Crippen molar-refractivity contribution in [1.82, 2.24) is 4.98 Å². The van der Waals surface area contributed by atoms with Gasteiger partial charge in [-0.25, -0.2) is 4.98 Å². The minimum Gasteiger partial charge on any atom is -0.490 e. The van der Waals surface area contributed by atoms with E-state index in [-0.39, 0.29) is 11.6 Å². The summed E-state index contributed by atoms with van der Waals surface area (Å²) in [6.45, 7) is 6.83. The van der Waals surface area contributed by atoms with Crippen LogP contribution in [0.1, 0.15) is 18.1 Å². The number of rotatable bonds is 10. The molecule has 1 heterocycles. The van der Waals surface area contributed by atoms with Gasteiger partial charge >= 0.3 is 10.1 Å². The molecule has 1 aromatic rings. The number of ether oxygens (including phenoxy) is 3. The van der Waals surface area contributed by atoms with Crippen LogP contribution in [0.25, 0.3) is 0 Å². The highest BCUT2D eigenvalue weighted by molar-refractivity contribution is 7.87. The third-order valence-electron chi connectivity index (χ3n) is 2.86. The van der Waals surface area contributed by atoms with Gasteiger partial charge in [-0.1, -0.05) is 0 Å². The summed E-state index contributed by atoms with van der Waals surface area (Å²) in [5.74, 6) is 0.486. The van der Waals surface area contributed by atoms with Crippen molar-refractivity contribution < 1.29 is 26.8 Å². The predicted molar refractivity (Wildman–Crippen MR) is 82.0 cm³/mol. The van der Waals surface area contributed by atoms with Crippen molar-refractivity contribution >= 4 is 10.1 Å². The molecule has 0 unspecified atom stereocenters. The lowest BCUT2D eigenvalue weighted by Crippen LogP contribution is -2.14. The van der Waals surface area contributed by atoms with Gasteiger partial charge in [0.05, 0.1) is 31.1 Å². The molecule has 7 nitrogen and oxygen atoms in total. The van der Waals surface area contributed by atoms with Crippen LogP contribution in [-0.4, -0.2) is 52.7 Å². The maximum atomic E-state index is 11.5. The molecule has 1 aromatic heterocycles. The van der Waals surface area contributed by atoms with Crippen molar-refractivity contribution in [2.75, 3.05) is 39.3 Å². The predicted octanol–water partition coefficient (Wildman–Crippen LogP) is 1.47. The van der Waals surface area contributed by atoms with Crippen molar-refractivity contribution in [3.63, 3.8) is 0 Å². The molecule has 0 amide bonds. The highest BCUT2D eigenvalue weighted by atomic mass is 32.2. The second kappa shape index (κ2) is 8.92. The van der Waals surface area contributed by atoms with E-state index in [9.17, 15) is 8.42 Å². The van der Waals surface area contributed by atoms with Crippen molar-refractivity contribution in [1.29, 1.82) is 0 Å². The molecule has 0 saturated carbocycles. The van der Waals surface area contributed by atoms with Crippen LogP contribution in [-0.2, 0) is 19.6 Å². The van der Waals surface area contributed by atoms with E-state index < -0.39 is 10.1 Å². The Balaban J connectivity index is 2.70. The third kappa shape index (κ3) is 5.78. The van der Waals surface area contributed by atoms with Gasteiger partial charge in [-0.3, -0.25) is 0 Å². The molecular weight excluding hydrogens is 310 g/mol. The van der Waals surface area contributed by atoms with Crippen LogP contribution in [0.2, 0.25) is 0 Å². The van der Waals surface area contributed by atoms with E-state index in [2.05, 4.69) is 4.98 Å². The van der Waals surface area contributed by atoms with Crippen molar-refractivity contribution in [3.8, 4) is 11.6 Å². The lowest BCUT2D eigenvalue weighted by atomic mass is 10.2. The minimum absolute atomic E-state index is 0.0442. The smallest absolute Gasteiger partial charge is 0.310 e. The number of methoxy groups -OCH3 is 1. The first-order chi connectivity index (χ1) is 10.4. The zero-order chi connectivity index (χ0) is 16.6. The van der Waals surface area contributed by atoms with Gasteiger partial charge in [0.15, 0.2) is 0 Å². The van der Waals surface area contributed by atoms with Crippen molar-refractivity contribution in [2.24, 2.45) is 0 Å². The summed E-state index contributed by atoms with van der Waals surface area (Å²) in [7, 11) is -2.01. The molecule has 0 saturated heterocycles. The Morgan fingerprint density at radius 2 is 1.82 bits per heavy atom. The number of hydrogen-bond donors (Lipinski definition) is 0. The Morgan fingerprint density at radius 1 is 1.14 bits per heavy atom. The van der Waals surface area contributed by atoms with Crippen LogP contribution in [0, 0.1) is 13.8 Å². The average Bonchev–Trinajstić information content (AvgIpc) is 2.48. The molecule has 126 valence electrons. The summed E-state index contributed by atoms with van der Waals surface area (Å²) in [4.78, 5) is 4.01. The molecule has 0 bridgehead atoms. The maximum Gasteiger partial charge on any atom is 0.310 e. The highest BCUT2D eigenvalue weighted by Gasteiger charge is 2.17. The van der Waals surface area contributed by atoms with Gasteiger partial charge in [-0.05, 0) is 20.8 Å².